The fourth-order valence-electron chi connectivity index (χ4n) is 1.27. The summed E-state index contributed by atoms with van der Waals surface area (Å²) in [7, 11) is 0. The molecule has 0 heterocycles. The van der Waals surface area contributed by atoms with E-state index >= 15 is 0 Å². The summed E-state index contributed by atoms with van der Waals surface area (Å²) in [4.78, 5) is 21.2. The standard InChI is InChI=1S/C12H11ClN2O3/c1-9(16)14-11-6-5-10(4-2-3-7-13)8-12(11)15(17)18/h5-6,8H,3,7H2,1H3,(H,14,16). The summed E-state index contributed by atoms with van der Waals surface area (Å²) in [6, 6.07) is 4.40. The van der Waals surface area contributed by atoms with Gasteiger partial charge >= 0.3 is 0 Å². The number of amides is 1. The summed E-state index contributed by atoms with van der Waals surface area (Å²) in [5, 5.41) is 13.3. The molecule has 0 radical (unpaired) electrons. The SMILES string of the molecule is CC(=O)Nc1ccc(C#CCCCl)cc1[N+](=O)[O-]. The maximum Gasteiger partial charge on any atom is 0.293 e. The Kier molecular flexibility index (Phi) is 5.15. The van der Waals surface area contributed by atoms with E-state index in [9.17, 15) is 14.9 Å². The first-order valence-electron chi connectivity index (χ1n) is 5.15. The third-order valence-electron chi connectivity index (χ3n) is 1.96. The van der Waals surface area contributed by atoms with Crippen molar-refractivity contribution in [2.45, 2.75) is 13.3 Å². The van der Waals surface area contributed by atoms with Gasteiger partial charge in [0.2, 0.25) is 5.91 Å². The van der Waals surface area contributed by atoms with Crippen molar-refractivity contribution in [3.8, 4) is 11.8 Å². The number of carbonyl (C=O) groups is 1. The first-order chi connectivity index (χ1) is 8.54. The minimum atomic E-state index is -0.558. The second-order valence-electron chi connectivity index (χ2n) is 3.41. The number of hydrogen-bond donors (Lipinski definition) is 1. The Morgan fingerprint density at radius 3 is 2.83 bits per heavy atom. The van der Waals surface area contributed by atoms with Crippen LogP contribution in [0.4, 0.5) is 11.4 Å². The van der Waals surface area contributed by atoms with Crippen molar-refractivity contribution in [3.63, 3.8) is 0 Å². The average molecular weight is 267 g/mol. The number of nitro benzene ring substituents is 1. The lowest BCUT2D eigenvalue weighted by Crippen LogP contribution is -2.08. The van der Waals surface area contributed by atoms with Gasteiger partial charge in [-0.25, -0.2) is 0 Å². The summed E-state index contributed by atoms with van der Waals surface area (Å²) < 4.78 is 0. The van der Waals surface area contributed by atoms with Gasteiger partial charge in [0.25, 0.3) is 5.69 Å². The Balaban J connectivity index is 3.08. The zero-order valence-electron chi connectivity index (χ0n) is 9.70. The second kappa shape index (κ2) is 6.62. The van der Waals surface area contributed by atoms with E-state index < -0.39 is 4.92 Å². The molecule has 1 aromatic rings. The molecule has 6 heteroatoms. The van der Waals surface area contributed by atoms with E-state index in [-0.39, 0.29) is 17.3 Å². The Bertz CT molecular complexity index is 532. The molecule has 1 aromatic carbocycles. The van der Waals surface area contributed by atoms with E-state index in [4.69, 9.17) is 11.6 Å². The maximum atomic E-state index is 10.9. The van der Waals surface area contributed by atoms with Crippen LogP contribution in [0.15, 0.2) is 18.2 Å². The monoisotopic (exact) mass is 266 g/mol. The predicted octanol–water partition coefficient (Wildman–Crippen LogP) is 2.53. The van der Waals surface area contributed by atoms with Gasteiger partial charge in [0.1, 0.15) is 5.69 Å². The fourth-order valence-corrected chi connectivity index (χ4v) is 1.36. The van der Waals surface area contributed by atoms with Gasteiger partial charge in [0.05, 0.1) is 4.92 Å². The van der Waals surface area contributed by atoms with E-state index in [1.165, 1.54) is 19.1 Å². The van der Waals surface area contributed by atoms with E-state index in [1.807, 2.05) is 0 Å². The van der Waals surface area contributed by atoms with Gasteiger partial charge in [0, 0.05) is 30.9 Å². The molecule has 0 spiro atoms. The van der Waals surface area contributed by atoms with Gasteiger partial charge in [-0.15, -0.1) is 11.6 Å². The van der Waals surface area contributed by atoms with E-state index in [1.54, 1.807) is 6.07 Å². The number of nitrogens with one attached hydrogen (secondary N) is 1. The van der Waals surface area contributed by atoms with Gasteiger partial charge in [-0.05, 0) is 12.1 Å². The highest BCUT2D eigenvalue weighted by Crippen LogP contribution is 2.25. The molecule has 0 aliphatic heterocycles. The molecule has 0 aromatic heterocycles. The summed E-state index contributed by atoms with van der Waals surface area (Å²) >= 11 is 5.47. The molecule has 0 aliphatic carbocycles. The van der Waals surface area contributed by atoms with Crippen LogP contribution < -0.4 is 5.32 Å². The van der Waals surface area contributed by atoms with Crippen molar-refractivity contribution in [1.29, 1.82) is 0 Å². The van der Waals surface area contributed by atoms with Crippen LogP contribution in [0.25, 0.3) is 0 Å². The zero-order chi connectivity index (χ0) is 13.5. The number of alkyl halides is 1. The van der Waals surface area contributed by atoms with Crippen LogP contribution >= 0.6 is 11.6 Å². The number of anilines is 1. The van der Waals surface area contributed by atoms with Crippen molar-refractivity contribution in [3.05, 3.63) is 33.9 Å². The molecular weight excluding hydrogens is 256 g/mol. The number of hydrogen-bond acceptors (Lipinski definition) is 3. The maximum absolute atomic E-state index is 10.9. The van der Waals surface area contributed by atoms with Crippen molar-refractivity contribution in [2.24, 2.45) is 0 Å². The topological polar surface area (TPSA) is 72.2 Å². The Hall–Kier alpha value is -2.06. The average Bonchev–Trinajstić information content (AvgIpc) is 2.30. The number of nitrogens with zero attached hydrogens (tertiary/aromatic N) is 1. The number of nitro groups is 1. The predicted molar refractivity (Wildman–Crippen MR) is 69.6 cm³/mol. The van der Waals surface area contributed by atoms with Crippen LogP contribution in [-0.2, 0) is 4.79 Å². The summed E-state index contributed by atoms with van der Waals surface area (Å²) in [6.07, 6.45) is 0.517. The minimum Gasteiger partial charge on any atom is -0.321 e. The van der Waals surface area contributed by atoms with Crippen molar-refractivity contribution in [2.75, 3.05) is 11.2 Å². The van der Waals surface area contributed by atoms with Crippen LogP contribution in [-0.4, -0.2) is 16.7 Å². The minimum absolute atomic E-state index is 0.162. The van der Waals surface area contributed by atoms with Gasteiger partial charge in [-0.1, -0.05) is 11.8 Å². The molecule has 0 saturated carbocycles. The van der Waals surface area contributed by atoms with Crippen molar-refractivity contribution < 1.29 is 9.72 Å². The highest BCUT2D eigenvalue weighted by Gasteiger charge is 2.14. The highest BCUT2D eigenvalue weighted by molar-refractivity contribution is 6.18. The molecule has 0 aliphatic rings. The molecule has 94 valence electrons. The number of benzene rings is 1. The van der Waals surface area contributed by atoms with Crippen molar-refractivity contribution in [1.82, 2.24) is 0 Å². The van der Waals surface area contributed by atoms with Crippen LogP contribution in [0.1, 0.15) is 18.9 Å². The lowest BCUT2D eigenvalue weighted by atomic mass is 10.1. The number of carbonyl (C=O) groups excluding carboxylic acids is 1. The summed E-state index contributed by atoms with van der Waals surface area (Å²) in [6.45, 7) is 1.29. The molecular formula is C12H11ClN2O3. The molecule has 18 heavy (non-hydrogen) atoms. The third kappa shape index (κ3) is 4.07. The number of halogens is 1. The first-order valence-corrected chi connectivity index (χ1v) is 5.69. The van der Waals surface area contributed by atoms with E-state index in [0.29, 0.717) is 17.9 Å². The molecule has 0 atom stereocenters. The Morgan fingerprint density at radius 2 is 2.28 bits per heavy atom. The molecule has 5 nitrogen and oxygen atoms in total. The Labute approximate surface area is 109 Å². The van der Waals surface area contributed by atoms with E-state index in [0.717, 1.165) is 0 Å². The van der Waals surface area contributed by atoms with Crippen LogP contribution in [0.2, 0.25) is 0 Å². The van der Waals surface area contributed by atoms with Gasteiger partial charge in [0.15, 0.2) is 0 Å². The molecule has 0 fully saturated rings. The first kappa shape index (κ1) is 14.0. The third-order valence-corrected chi connectivity index (χ3v) is 2.15. The largest absolute Gasteiger partial charge is 0.321 e. The lowest BCUT2D eigenvalue weighted by molar-refractivity contribution is -0.383. The molecule has 1 rings (SSSR count). The highest BCUT2D eigenvalue weighted by atomic mass is 35.5. The molecule has 0 saturated heterocycles. The van der Waals surface area contributed by atoms with Gasteiger partial charge < -0.3 is 5.32 Å². The normalized spacial score (nSPS) is 9.22. The van der Waals surface area contributed by atoms with Crippen LogP contribution in [0.5, 0.6) is 0 Å². The lowest BCUT2D eigenvalue weighted by Gasteiger charge is -2.03. The summed E-state index contributed by atoms with van der Waals surface area (Å²) in [5.74, 6) is 5.61. The number of rotatable bonds is 3. The quantitative estimate of drug-likeness (QED) is 0.395. The van der Waals surface area contributed by atoms with Crippen LogP contribution in [0.3, 0.4) is 0 Å². The van der Waals surface area contributed by atoms with Gasteiger partial charge in [-0.3, -0.25) is 14.9 Å². The molecule has 1 amide bonds. The van der Waals surface area contributed by atoms with Gasteiger partial charge in [-0.2, -0.15) is 0 Å². The van der Waals surface area contributed by atoms with Crippen LogP contribution in [0, 0.1) is 22.0 Å². The molecule has 1 N–H and O–H groups in total. The van der Waals surface area contributed by atoms with E-state index in [2.05, 4.69) is 17.2 Å². The zero-order valence-corrected chi connectivity index (χ0v) is 10.5. The Morgan fingerprint density at radius 1 is 1.56 bits per heavy atom. The van der Waals surface area contributed by atoms with Crippen molar-refractivity contribution >= 4 is 28.9 Å². The molecule has 0 bridgehead atoms. The molecule has 0 unspecified atom stereocenters. The fraction of sp³-hybridized carbons (Fsp3) is 0.250. The smallest absolute Gasteiger partial charge is 0.293 e. The summed E-state index contributed by atoms with van der Waals surface area (Å²) in [5.41, 5.74) is 0.499. The second-order valence-corrected chi connectivity index (χ2v) is 3.79.